The second-order valence-electron chi connectivity index (χ2n) is 6.71. The van der Waals surface area contributed by atoms with Gasteiger partial charge in [0.25, 0.3) is 5.91 Å². The number of nitrogens with zero attached hydrogens (tertiary/aromatic N) is 3. The van der Waals surface area contributed by atoms with E-state index in [0.29, 0.717) is 17.1 Å². The molecule has 1 aliphatic rings. The lowest BCUT2D eigenvalue weighted by atomic mass is 9.96. The molecule has 132 valence electrons. The van der Waals surface area contributed by atoms with Crippen LogP contribution in [0, 0.1) is 0 Å². The van der Waals surface area contributed by atoms with Gasteiger partial charge < -0.3 is 4.90 Å². The van der Waals surface area contributed by atoms with Crippen molar-refractivity contribution in [3.05, 3.63) is 82.6 Å². The molecule has 4 rings (SSSR count). The van der Waals surface area contributed by atoms with Crippen molar-refractivity contribution in [2.75, 3.05) is 4.90 Å². The number of amides is 1. The number of aromatic nitrogens is 2. The van der Waals surface area contributed by atoms with Crippen LogP contribution in [0.4, 0.5) is 5.69 Å². The first-order valence-corrected chi connectivity index (χ1v) is 9.18. The van der Waals surface area contributed by atoms with Crippen LogP contribution in [0.1, 0.15) is 34.8 Å². The van der Waals surface area contributed by atoms with Crippen molar-refractivity contribution in [1.29, 1.82) is 0 Å². The van der Waals surface area contributed by atoms with Gasteiger partial charge in [0.05, 0.1) is 18.3 Å². The number of para-hydroxylation sites is 1. The van der Waals surface area contributed by atoms with Gasteiger partial charge in [0.1, 0.15) is 0 Å². The highest BCUT2D eigenvalue weighted by atomic mass is 35.5. The molecule has 2 aromatic carbocycles. The van der Waals surface area contributed by atoms with Gasteiger partial charge in [-0.1, -0.05) is 48.0 Å². The molecular weight excluding hydrogens is 346 g/mol. The molecule has 0 aliphatic carbocycles. The first-order chi connectivity index (χ1) is 12.6. The number of carbonyl (C=O) groups excluding carboxylic acids is 1. The fourth-order valence-corrected chi connectivity index (χ4v) is 3.69. The van der Waals surface area contributed by atoms with Crippen LogP contribution in [-0.2, 0) is 13.0 Å². The van der Waals surface area contributed by atoms with E-state index in [0.717, 1.165) is 24.1 Å². The van der Waals surface area contributed by atoms with E-state index in [2.05, 4.69) is 18.1 Å². The summed E-state index contributed by atoms with van der Waals surface area (Å²) in [6.45, 7) is 2.64. The van der Waals surface area contributed by atoms with E-state index in [1.807, 2.05) is 47.4 Å². The summed E-state index contributed by atoms with van der Waals surface area (Å²) in [7, 11) is 0. The van der Waals surface area contributed by atoms with E-state index < -0.39 is 0 Å². The van der Waals surface area contributed by atoms with Gasteiger partial charge in [0, 0.05) is 22.9 Å². The molecule has 0 radical (unpaired) electrons. The van der Waals surface area contributed by atoms with Gasteiger partial charge in [-0.3, -0.25) is 9.48 Å². The molecule has 4 nitrogen and oxygen atoms in total. The van der Waals surface area contributed by atoms with Crippen LogP contribution in [0.2, 0.25) is 5.02 Å². The maximum atomic E-state index is 13.2. The van der Waals surface area contributed by atoms with Gasteiger partial charge in [-0.2, -0.15) is 5.10 Å². The number of hydrogen-bond acceptors (Lipinski definition) is 2. The molecule has 0 spiro atoms. The lowest BCUT2D eigenvalue weighted by molar-refractivity contribution is 0.0975. The van der Waals surface area contributed by atoms with Crippen LogP contribution in [0.3, 0.4) is 0 Å². The molecule has 3 aromatic rings. The predicted octanol–water partition coefficient (Wildman–Crippen LogP) is 4.57. The molecule has 1 aromatic heterocycles. The first-order valence-electron chi connectivity index (χ1n) is 8.81. The largest absolute Gasteiger partial charge is 0.305 e. The van der Waals surface area contributed by atoms with Crippen LogP contribution >= 0.6 is 11.6 Å². The molecule has 1 aliphatic heterocycles. The maximum absolute atomic E-state index is 13.2. The summed E-state index contributed by atoms with van der Waals surface area (Å²) in [4.78, 5) is 15.1. The Labute approximate surface area is 158 Å². The van der Waals surface area contributed by atoms with Crippen molar-refractivity contribution in [3.63, 3.8) is 0 Å². The zero-order valence-electron chi connectivity index (χ0n) is 14.6. The minimum absolute atomic E-state index is 0.00458. The third-order valence-electron chi connectivity index (χ3n) is 4.91. The molecule has 26 heavy (non-hydrogen) atoms. The maximum Gasteiger partial charge on any atom is 0.261 e. The highest BCUT2D eigenvalue weighted by molar-refractivity contribution is 6.31. The van der Waals surface area contributed by atoms with Crippen molar-refractivity contribution in [3.8, 4) is 0 Å². The molecule has 0 bridgehead atoms. The molecular formula is C21H20ClN3O. The fourth-order valence-electron chi connectivity index (χ4n) is 3.50. The Morgan fingerprint density at radius 1 is 1.19 bits per heavy atom. The second kappa shape index (κ2) is 6.96. The summed E-state index contributed by atoms with van der Waals surface area (Å²) >= 11 is 6.22. The van der Waals surface area contributed by atoms with Gasteiger partial charge in [-0.15, -0.1) is 0 Å². The van der Waals surface area contributed by atoms with Crippen LogP contribution in [0.5, 0.6) is 0 Å². The number of benzene rings is 2. The summed E-state index contributed by atoms with van der Waals surface area (Å²) in [5, 5.41) is 5.06. The van der Waals surface area contributed by atoms with E-state index in [1.54, 1.807) is 17.1 Å². The Kier molecular flexibility index (Phi) is 4.51. The summed E-state index contributed by atoms with van der Waals surface area (Å²) in [6, 6.07) is 16.0. The molecule has 5 heteroatoms. The number of halogens is 1. The molecule has 0 saturated heterocycles. The van der Waals surface area contributed by atoms with Gasteiger partial charge in [-0.05, 0) is 43.0 Å². The number of fused-ring (bicyclic) bond motifs is 1. The Morgan fingerprint density at radius 3 is 2.81 bits per heavy atom. The van der Waals surface area contributed by atoms with Crippen molar-refractivity contribution >= 4 is 23.2 Å². The van der Waals surface area contributed by atoms with Gasteiger partial charge >= 0.3 is 0 Å². The monoisotopic (exact) mass is 365 g/mol. The number of rotatable bonds is 3. The zero-order valence-corrected chi connectivity index (χ0v) is 15.4. The third kappa shape index (κ3) is 3.13. The summed E-state index contributed by atoms with van der Waals surface area (Å²) in [5.41, 5.74) is 3.81. The molecule has 1 amide bonds. The lowest BCUT2D eigenvalue weighted by Gasteiger charge is -2.35. The second-order valence-corrected chi connectivity index (χ2v) is 7.12. The Bertz CT molecular complexity index is 950. The Hall–Kier alpha value is -2.59. The lowest BCUT2D eigenvalue weighted by Crippen LogP contribution is -2.42. The average molecular weight is 366 g/mol. The molecule has 0 N–H and O–H groups in total. The van der Waals surface area contributed by atoms with Gasteiger partial charge in [0.15, 0.2) is 0 Å². The molecule has 2 heterocycles. The van der Waals surface area contributed by atoms with Crippen molar-refractivity contribution < 1.29 is 4.79 Å². The van der Waals surface area contributed by atoms with E-state index in [1.165, 1.54) is 5.56 Å². The summed E-state index contributed by atoms with van der Waals surface area (Å²) < 4.78 is 1.76. The molecule has 1 atom stereocenters. The standard InChI is InChI=1S/C21H20ClN3O/c1-15-10-11-16-6-3-5-9-20(16)25(15)21(26)18-12-23-24(14-18)13-17-7-2-4-8-19(17)22/h2-9,12,14-15H,10-11,13H2,1H3. The summed E-state index contributed by atoms with van der Waals surface area (Å²) in [5.74, 6) is -0.00458. The molecule has 0 saturated carbocycles. The quantitative estimate of drug-likeness (QED) is 0.682. The molecule has 1 unspecified atom stereocenters. The highest BCUT2D eigenvalue weighted by Crippen LogP contribution is 2.31. The molecule has 0 fully saturated rings. The number of aryl methyl sites for hydroxylation is 1. The van der Waals surface area contributed by atoms with Gasteiger partial charge in [0.2, 0.25) is 0 Å². The van der Waals surface area contributed by atoms with Crippen LogP contribution in [-0.4, -0.2) is 21.7 Å². The van der Waals surface area contributed by atoms with Gasteiger partial charge in [-0.25, -0.2) is 0 Å². The Morgan fingerprint density at radius 2 is 1.96 bits per heavy atom. The summed E-state index contributed by atoms with van der Waals surface area (Å²) in [6.07, 6.45) is 5.42. The van der Waals surface area contributed by atoms with E-state index in [4.69, 9.17) is 11.6 Å². The van der Waals surface area contributed by atoms with E-state index in [-0.39, 0.29) is 11.9 Å². The SMILES string of the molecule is CC1CCc2ccccc2N1C(=O)c1cnn(Cc2ccccc2Cl)c1. The zero-order chi connectivity index (χ0) is 18.1. The van der Waals surface area contributed by atoms with E-state index >= 15 is 0 Å². The highest BCUT2D eigenvalue weighted by Gasteiger charge is 2.29. The first kappa shape index (κ1) is 16.9. The Balaban J connectivity index is 1.60. The topological polar surface area (TPSA) is 38.1 Å². The van der Waals surface area contributed by atoms with Crippen molar-refractivity contribution in [2.24, 2.45) is 0 Å². The number of carbonyl (C=O) groups is 1. The predicted molar refractivity (Wildman–Crippen MR) is 104 cm³/mol. The van der Waals surface area contributed by atoms with Crippen molar-refractivity contribution in [2.45, 2.75) is 32.4 Å². The van der Waals surface area contributed by atoms with Crippen LogP contribution in [0.25, 0.3) is 0 Å². The van der Waals surface area contributed by atoms with Crippen LogP contribution < -0.4 is 4.90 Å². The number of hydrogen-bond donors (Lipinski definition) is 0. The number of anilines is 1. The van der Waals surface area contributed by atoms with Crippen molar-refractivity contribution in [1.82, 2.24) is 9.78 Å². The van der Waals surface area contributed by atoms with Crippen LogP contribution in [0.15, 0.2) is 60.9 Å². The average Bonchev–Trinajstić information content (AvgIpc) is 3.12. The third-order valence-corrected chi connectivity index (χ3v) is 5.28. The van der Waals surface area contributed by atoms with E-state index in [9.17, 15) is 4.79 Å². The fraction of sp³-hybridized carbons (Fsp3) is 0.238. The normalized spacial score (nSPS) is 16.4. The minimum atomic E-state index is -0.00458. The minimum Gasteiger partial charge on any atom is -0.305 e. The smallest absolute Gasteiger partial charge is 0.261 e.